The van der Waals surface area contributed by atoms with Crippen molar-refractivity contribution >= 4 is 0 Å². The zero-order valence-corrected chi connectivity index (χ0v) is 21.6. The van der Waals surface area contributed by atoms with Gasteiger partial charge in [0.15, 0.2) is 6.29 Å². The molecule has 8 nitrogen and oxygen atoms in total. The van der Waals surface area contributed by atoms with Gasteiger partial charge in [0.1, 0.15) is 24.4 Å². The molecule has 5 N–H and O–H groups in total. The highest BCUT2D eigenvalue weighted by atomic mass is 16.7. The maximum absolute atomic E-state index is 11.2. The number of aliphatic hydroxyl groups excluding tert-OH is 4. The van der Waals surface area contributed by atoms with Crippen molar-refractivity contribution in [3.8, 4) is 0 Å². The molecule has 1 aliphatic heterocycles. The first-order valence-corrected chi connectivity index (χ1v) is 13.7. The predicted octanol–water partition coefficient (Wildman–Crippen LogP) is 1.59. The molecule has 8 heteroatoms. The molecule has 0 aromatic heterocycles. The van der Waals surface area contributed by atoms with E-state index in [9.17, 15) is 25.5 Å². The van der Waals surface area contributed by atoms with Crippen LogP contribution in [0.25, 0.3) is 0 Å². The van der Waals surface area contributed by atoms with E-state index in [2.05, 4.69) is 13.8 Å². The number of rotatable bonds is 6. The van der Waals surface area contributed by atoms with Gasteiger partial charge in [-0.2, -0.15) is 0 Å². The lowest BCUT2D eigenvalue weighted by Gasteiger charge is -2.64. The number of aliphatic hydroxyl groups is 5. The molecule has 0 amide bonds. The van der Waals surface area contributed by atoms with Crippen LogP contribution >= 0.6 is 0 Å². The summed E-state index contributed by atoms with van der Waals surface area (Å²) in [7, 11) is 1.42. The van der Waals surface area contributed by atoms with E-state index in [0.717, 1.165) is 51.4 Å². The fourth-order valence-electron chi connectivity index (χ4n) is 9.87. The standard InChI is InChI=1S/C27H46O8/c1-24(15-34-23-21(31)20(30)22(33-3)17(12-28)35-23)8-4-9-25(2)18(24)7-10-26-11-16(5-6-19(25)26)27(32,13-26)14-29/h16-23,28-32H,4-15H2,1-3H3/t16-,17-,18-,19-,20-,21-,22-,23-,24+,25-,26+,27+/m1/s1. The van der Waals surface area contributed by atoms with Crippen molar-refractivity contribution in [2.45, 2.75) is 108 Å². The van der Waals surface area contributed by atoms with Crippen LogP contribution in [0.1, 0.15) is 71.6 Å². The molecule has 0 radical (unpaired) electrons. The Morgan fingerprint density at radius 1 is 0.971 bits per heavy atom. The summed E-state index contributed by atoms with van der Waals surface area (Å²) in [6, 6.07) is 0. The summed E-state index contributed by atoms with van der Waals surface area (Å²) in [6.07, 6.45) is 4.30. The van der Waals surface area contributed by atoms with Gasteiger partial charge in [-0.05, 0) is 85.4 Å². The lowest BCUT2D eigenvalue weighted by molar-refractivity contribution is -0.313. The van der Waals surface area contributed by atoms with E-state index >= 15 is 0 Å². The molecule has 35 heavy (non-hydrogen) atoms. The van der Waals surface area contributed by atoms with Crippen LogP contribution in [0.2, 0.25) is 0 Å². The number of fused-ring (bicyclic) bond motifs is 3. The minimum absolute atomic E-state index is 0.0990. The Kier molecular flexibility index (Phi) is 6.88. The van der Waals surface area contributed by atoms with Gasteiger partial charge in [-0.15, -0.1) is 0 Å². The van der Waals surface area contributed by atoms with Gasteiger partial charge in [0.05, 0.1) is 25.4 Å². The van der Waals surface area contributed by atoms with E-state index in [1.165, 1.54) is 13.5 Å². The van der Waals surface area contributed by atoms with Crippen LogP contribution in [0.15, 0.2) is 0 Å². The van der Waals surface area contributed by atoms with Crippen molar-refractivity contribution in [1.29, 1.82) is 0 Å². The Morgan fingerprint density at radius 3 is 2.43 bits per heavy atom. The van der Waals surface area contributed by atoms with Crippen LogP contribution in [0.5, 0.6) is 0 Å². The Bertz CT molecular complexity index is 778. The van der Waals surface area contributed by atoms with Gasteiger partial charge in [-0.25, -0.2) is 0 Å². The van der Waals surface area contributed by atoms with E-state index in [1.54, 1.807) is 0 Å². The van der Waals surface area contributed by atoms with E-state index in [4.69, 9.17) is 14.2 Å². The number of methoxy groups -OCH3 is 1. The molecule has 5 fully saturated rings. The Morgan fingerprint density at radius 2 is 1.74 bits per heavy atom. The summed E-state index contributed by atoms with van der Waals surface area (Å²) in [5, 5.41) is 52.0. The normalized spacial score (nSPS) is 55.9. The summed E-state index contributed by atoms with van der Waals surface area (Å²) >= 11 is 0. The van der Waals surface area contributed by atoms with Crippen molar-refractivity contribution in [3.05, 3.63) is 0 Å². The lowest BCUT2D eigenvalue weighted by Crippen LogP contribution is -2.61. The molecule has 5 rings (SSSR count). The first kappa shape index (κ1) is 26.3. The topological polar surface area (TPSA) is 129 Å². The number of ether oxygens (including phenoxy) is 3. The van der Waals surface area contributed by atoms with E-state index in [1.807, 2.05) is 0 Å². The molecule has 0 aromatic rings. The lowest BCUT2D eigenvalue weighted by atomic mass is 9.41. The van der Waals surface area contributed by atoms with Gasteiger partial charge in [-0.1, -0.05) is 20.3 Å². The fraction of sp³-hybridized carbons (Fsp3) is 1.00. The molecule has 1 saturated heterocycles. The minimum Gasteiger partial charge on any atom is -0.394 e. The fourth-order valence-corrected chi connectivity index (χ4v) is 9.87. The molecule has 5 aliphatic rings. The molecule has 4 saturated carbocycles. The summed E-state index contributed by atoms with van der Waals surface area (Å²) in [6.45, 7) is 4.71. The highest BCUT2D eigenvalue weighted by molar-refractivity contribution is 5.17. The second-order valence-corrected chi connectivity index (χ2v) is 13.2. The first-order chi connectivity index (χ1) is 16.6. The second kappa shape index (κ2) is 9.16. The molecular weight excluding hydrogens is 452 g/mol. The molecule has 1 heterocycles. The average molecular weight is 499 g/mol. The molecule has 0 unspecified atom stereocenters. The van der Waals surface area contributed by atoms with E-state index < -0.39 is 36.3 Å². The van der Waals surface area contributed by atoms with Gasteiger partial charge in [0.2, 0.25) is 0 Å². The summed E-state index contributed by atoms with van der Waals surface area (Å²) in [5.74, 6) is 1.20. The first-order valence-electron chi connectivity index (χ1n) is 13.7. The van der Waals surface area contributed by atoms with Crippen LogP contribution in [-0.4, -0.2) is 88.8 Å². The summed E-state index contributed by atoms with van der Waals surface area (Å²) < 4.78 is 17.3. The predicted molar refractivity (Wildman–Crippen MR) is 127 cm³/mol. The van der Waals surface area contributed by atoms with Crippen molar-refractivity contribution in [3.63, 3.8) is 0 Å². The van der Waals surface area contributed by atoms with Crippen LogP contribution in [0, 0.1) is 34.0 Å². The number of hydrogen-bond donors (Lipinski definition) is 5. The molecule has 202 valence electrons. The average Bonchev–Trinajstić information content (AvgIpc) is 3.04. The SMILES string of the molecule is CO[C@H]1[C@H](O)[C@@H](O)[C@H](OC[C@]2(C)CCC[C@]3(C)[C@@H]2CC[C@@]24C[C@@H](CC[C@@H]23)[C@@](O)(CO)C4)O[C@@H]1CO. The number of hydrogen-bond acceptors (Lipinski definition) is 8. The highest BCUT2D eigenvalue weighted by Gasteiger charge is 2.67. The van der Waals surface area contributed by atoms with Crippen LogP contribution in [0.3, 0.4) is 0 Å². The zero-order valence-electron chi connectivity index (χ0n) is 21.6. The molecule has 1 spiro atoms. The second-order valence-electron chi connectivity index (χ2n) is 13.2. The van der Waals surface area contributed by atoms with Gasteiger partial charge in [0, 0.05) is 7.11 Å². The molecule has 2 bridgehead atoms. The third-order valence-electron chi connectivity index (χ3n) is 11.4. The summed E-state index contributed by atoms with van der Waals surface area (Å²) in [5.41, 5.74) is -0.752. The van der Waals surface area contributed by atoms with Crippen LogP contribution < -0.4 is 0 Å². The molecule has 0 aromatic carbocycles. The maximum Gasteiger partial charge on any atom is 0.186 e. The molecule has 12 atom stereocenters. The quantitative estimate of drug-likeness (QED) is 0.374. The zero-order chi connectivity index (χ0) is 25.2. The minimum atomic E-state index is -1.25. The van der Waals surface area contributed by atoms with Gasteiger partial charge >= 0.3 is 0 Å². The Hall–Kier alpha value is -0.320. The van der Waals surface area contributed by atoms with Crippen molar-refractivity contribution in [1.82, 2.24) is 0 Å². The smallest absolute Gasteiger partial charge is 0.186 e. The molecular formula is C27H46O8. The van der Waals surface area contributed by atoms with E-state index in [-0.39, 0.29) is 35.4 Å². The van der Waals surface area contributed by atoms with Crippen molar-refractivity contribution < 1.29 is 39.7 Å². The monoisotopic (exact) mass is 498 g/mol. The highest BCUT2D eigenvalue weighted by Crippen LogP contribution is 2.72. The summed E-state index contributed by atoms with van der Waals surface area (Å²) in [4.78, 5) is 0. The largest absolute Gasteiger partial charge is 0.394 e. The van der Waals surface area contributed by atoms with Crippen LogP contribution in [-0.2, 0) is 14.2 Å². The van der Waals surface area contributed by atoms with E-state index in [0.29, 0.717) is 18.4 Å². The van der Waals surface area contributed by atoms with Crippen LogP contribution in [0.4, 0.5) is 0 Å². The van der Waals surface area contributed by atoms with Gasteiger partial charge in [0.25, 0.3) is 0 Å². The molecule has 4 aliphatic carbocycles. The Balaban J connectivity index is 1.33. The van der Waals surface area contributed by atoms with Gasteiger partial charge in [-0.3, -0.25) is 0 Å². The van der Waals surface area contributed by atoms with Gasteiger partial charge < -0.3 is 39.7 Å². The van der Waals surface area contributed by atoms with Crippen molar-refractivity contribution in [2.24, 2.45) is 34.0 Å². The maximum atomic E-state index is 11.2. The third-order valence-corrected chi connectivity index (χ3v) is 11.4. The Labute approximate surface area is 209 Å². The van der Waals surface area contributed by atoms with Crippen molar-refractivity contribution in [2.75, 3.05) is 26.9 Å². The third kappa shape index (κ3) is 3.94.